The van der Waals surface area contributed by atoms with Crippen molar-refractivity contribution >= 4 is 35.2 Å². The van der Waals surface area contributed by atoms with E-state index in [9.17, 15) is 18.8 Å². The summed E-state index contributed by atoms with van der Waals surface area (Å²) < 4.78 is 13.6. The van der Waals surface area contributed by atoms with E-state index < -0.39 is 5.97 Å². The van der Waals surface area contributed by atoms with Gasteiger partial charge >= 0.3 is 5.97 Å². The van der Waals surface area contributed by atoms with Crippen LogP contribution in [-0.2, 0) is 27.2 Å². The Kier molecular flexibility index (Phi) is 9.94. The Hall–Kier alpha value is -4.26. The van der Waals surface area contributed by atoms with Crippen LogP contribution in [0.15, 0.2) is 78.9 Å². The minimum Gasteiger partial charge on any atom is -0.481 e. The Morgan fingerprint density at radius 3 is 1.89 bits per heavy atom. The summed E-state index contributed by atoms with van der Waals surface area (Å²) >= 11 is 0. The molecular weight excluding hydrogens is 459 g/mol. The number of aliphatic carboxylic acids is 1. The van der Waals surface area contributed by atoms with Gasteiger partial charge in [0.05, 0.1) is 0 Å². The standard InChI is InChI=1S/C29H29FN2O4/c30-26-8-2-1-7-23(26)15-20-28(34)32-25-18-11-21(12-19-25)5-3-9-27(33)31-24-16-13-22(14-17-24)6-4-10-29(35)36/h1-2,7-8,11-20H,3-6,9-10H2,(H,31,33)(H,32,34)(H,35,36)/b20-15+. The molecule has 0 aliphatic rings. The Morgan fingerprint density at radius 1 is 0.750 bits per heavy atom. The molecule has 0 fully saturated rings. The number of benzene rings is 3. The molecule has 186 valence electrons. The van der Waals surface area contributed by atoms with E-state index in [1.165, 1.54) is 18.2 Å². The van der Waals surface area contributed by atoms with E-state index in [1.807, 2.05) is 36.4 Å². The van der Waals surface area contributed by atoms with Gasteiger partial charge in [-0.3, -0.25) is 14.4 Å². The average Bonchev–Trinajstić information content (AvgIpc) is 2.85. The molecule has 0 heterocycles. The van der Waals surface area contributed by atoms with Gasteiger partial charge in [0.25, 0.3) is 0 Å². The number of carboxylic acid groups (broad SMARTS) is 1. The van der Waals surface area contributed by atoms with Gasteiger partial charge in [-0.1, -0.05) is 42.5 Å². The summed E-state index contributed by atoms with van der Waals surface area (Å²) in [6.07, 6.45) is 5.91. The fraction of sp³-hybridized carbons (Fsp3) is 0.207. The number of carbonyl (C=O) groups is 3. The topological polar surface area (TPSA) is 95.5 Å². The minimum absolute atomic E-state index is 0.0702. The van der Waals surface area contributed by atoms with Crippen molar-refractivity contribution in [1.82, 2.24) is 0 Å². The predicted octanol–water partition coefficient (Wildman–Crippen LogP) is 5.85. The molecule has 0 bridgehead atoms. The second-order valence-electron chi connectivity index (χ2n) is 8.39. The molecule has 2 amide bonds. The Balaban J connectivity index is 1.37. The first-order chi connectivity index (χ1) is 17.4. The number of amides is 2. The number of aryl methyl sites for hydroxylation is 2. The largest absolute Gasteiger partial charge is 0.481 e. The number of carbonyl (C=O) groups excluding carboxylic acids is 2. The van der Waals surface area contributed by atoms with Gasteiger partial charge in [0.2, 0.25) is 11.8 Å². The predicted molar refractivity (Wildman–Crippen MR) is 139 cm³/mol. The van der Waals surface area contributed by atoms with Crippen LogP contribution in [0.2, 0.25) is 0 Å². The van der Waals surface area contributed by atoms with E-state index in [4.69, 9.17) is 5.11 Å². The van der Waals surface area contributed by atoms with E-state index in [2.05, 4.69) is 10.6 Å². The molecule has 36 heavy (non-hydrogen) atoms. The van der Waals surface area contributed by atoms with E-state index in [1.54, 1.807) is 30.3 Å². The number of carboxylic acids is 1. The van der Waals surface area contributed by atoms with E-state index in [-0.39, 0.29) is 24.1 Å². The first kappa shape index (κ1) is 26.3. The van der Waals surface area contributed by atoms with Crippen molar-refractivity contribution in [2.45, 2.75) is 38.5 Å². The van der Waals surface area contributed by atoms with Crippen molar-refractivity contribution in [3.05, 3.63) is 101 Å². The number of anilines is 2. The monoisotopic (exact) mass is 488 g/mol. The highest BCUT2D eigenvalue weighted by atomic mass is 19.1. The summed E-state index contributed by atoms with van der Waals surface area (Å²) in [6, 6.07) is 21.1. The normalized spacial score (nSPS) is 10.8. The average molecular weight is 489 g/mol. The van der Waals surface area contributed by atoms with Gasteiger partial charge in [-0.15, -0.1) is 0 Å². The van der Waals surface area contributed by atoms with Crippen LogP contribution < -0.4 is 10.6 Å². The van der Waals surface area contributed by atoms with Crippen LogP contribution in [0, 0.1) is 5.82 Å². The van der Waals surface area contributed by atoms with Gasteiger partial charge in [-0.05, 0) is 73.2 Å². The molecule has 6 nitrogen and oxygen atoms in total. The van der Waals surface area contributed by atoms with Gasteiger partial charge < -0.3 is 15.7 Å². The third-order valence-corrected chi connectivity index (χ3v) is 5.50. The SMILES string of the molecule is O=C(O)CCCc1ccc(NC(=O)CCCc2ccc(NC(=O)/C=C/c3ccccc3F)cc2)cc1. The van der Waals surface area contributed by atoms with Crippen LogP contribution in [0.4, 0.5) is 15.8 Å². The molecule has 3 N–H and O–H groups in total. The molecule has 0 saturated heterocycles. The van der Waals surface area contributed by atoms with Gasteiger partial charge in [-0.25, -0.2) is 4.39 Å². The van der Waals surface area contributed by atoms with Crippen molar-refractivity contribution in [2.24, 2.45) is 0 Å². The fourth-order valence-corrected chi connectivity index (χ4v) is 3.59. The molecule has 0 aliphatic heterocycles. The van der Waals surface area contributed by atoms with Crippen molar-refractivity contribution in [2.75, 3.05) is 10.6 Å². The maximum atomic E-state index is 13.6. The summed E-state index contributed by atoms with van der Waals surface area (Å²) in [5, 5.41) is 14.3. The third-order valence-electron chi connectivity index (χ3n) is 5.50. The van der Waals surface area contributed by atoms with Gasteiger partial charge in [-0.2, -0.15) is 0 Å². The molecule has 0 aromatic heterocycles. The number of rotatable bonds is 12. The molecule has 0 atom stereocenters. The molecular formula is C29H29FN2O4. The zero-order chi connectivity index (χ0) is 25.8. The van der Waals surface area contributed by atoms with Crippen LogP contribution in [0.25, 0.3) is 6.08 Å². The second kappa shape index (κ2) is 13.6. The van der Waals surface area contributed by atoms with E-state index in [0.29, 0.717) is 42.6 Å². The number of nitrogens with one attached hydrogen (secondary N) is 2. The molecule has 0 saturated carbocycles. The Labute approximate surface area is 209 Å². The Morgan fingerprint density at radius 2 is 1.31 bits per heavy atom. The maximum absolute atomic E-state index is 13.6. The lowest BCUT2D eigenvalue weighted by Crippen LogP contribution is -2.11. The van der Waals surface area contributed by atoms with E-state index in [0.717, 1.165) is 17.5 Å². The maximum Gasteiger partial charge on any atom is 0.303 e. The highest BCUT2D eigenvalue weighted by molar-refractivity contribution is 6.01. The number of hydrogen-bond acceptors (Lipinski definition) is 3. The molecule has 0 aliphatic carbocycles. The quantitative estimate of drug-likeness (QED) is 0.279. The lowest BCUT2D eigenvalue weighted by atomic mass is 10.1. The Bertz CT molecular complexity index is 1200. The molecule has 0 spiro atoms. The van der Waals surface area contributed by atoms with Crippen molar-refractivity contribution in [3.8, 4) is 0 Å². The van der Waals surface area contributed by atoms with Crippen LogP contribution in [0.1, 0.15) is 42.4 Å². The highest BCUT2D eigenvalue weighted by Gasteiger charge is 2.05. The van der Waals surface area contributed by atoms with Gasteiger partial charge in [0, 0.05) is 35.9 Å². The first-order valence-corrected chi connectivity index (χ1v) is 11.8. The summed E-state index contributed by atoms with van der Waals surface area (Å²) in [6.45, 7) is 0. The first-order valence-electron chi connectivity index (χ1n) is 11.8. The lowest BCUT2D eigenvalue weighted by Gasteiger charge is -2.07. The van der Waals surface area contributed by atoms with E-state index >= 15 is 0 Å². The smallest absolute Gasteiger partial charge is 0.303 e. The van der Waals surface area contributed by atoms with Crippen molar-refractivity contribution in [3.63, 3.8) is 0 Å². The molecule has 0 radical (unpaired) electrons. The fourth-order valence-electron chi connectivity index (χ4n) is 3.59. The van der Waals surface area contributed by atoms with Crippen molar-refractivity contribution < 1.29 is 23.9 Å². The second-order valence-corrected chi connectivity index (χ2v) is 8.39. The minimum atomic E-state index is -0.799. The molecule has 3 aromatic carbocycles. The highest BCUT2D eigenvalue weighted by Crippen LogP contribution is 2.15. The summed E-state index contributed by atoms with van der Waals surface area (Å²) in [5.74, 6) is -1.61. The zero-order valence-corrected chi connectivity index (χ0v) is 19.9. The number of hydrogen-bond donors (Lipinski definition) is 3. The molecule has 7 heteroatoms. The molecule has 3 aromatic rings. The summed E-state index contributed by atoms with van der Waals surface area (Å²) in [7, 11) is 0. The summed E-state index contributed by atoms with van der Waals surface area (Å²) in [5.41, 5.74) is 3.78. The van der Waals surface area contributed by atoms with Crippen LogP contribution >= 0.6 is 0 Å². The molecule has 0 unspecified atom stereocenters. The van der Waals surface area contributed by atoms with Crippen molar-refractivity contribution in [1.29, 1.82) is 0 Å². The third kappa shape index (κ3) is 9.18. The molecule has 3 rings (SSSR count). The van der Waals surface area contributed by atoms with Gasteiger partial charge in [0.15, 0.2) is 0 Å². The van der Waals surface area contributed by atoms with Crippen LogP contribution in [0.5, 0.6) is 0 Å². The van der Waals surface area contributed by atoms with Crippen LogP contribution in [0.3, 0.4) is 0 Å². The van der Waals surface area contributed by atoms with Gasteiger partial charge in [0.1, 0.15) is 5.82 Å². The summed E-state index contributed by atoms with van der Waals surface area (Å²) in [4.78, 5) is 34.9. The lowest BCUT2D eigenvalue weighted by molar-refractivity contribution is -0.137. The zero-order valence-electron chi connectivity index (χ0n) is 19.9. The van der Waals surface area contributed by atoms with Crippen LogP contribution in [-0.4, -0.2) is 22.9 Å². The number of halogens is 1.